The van der Waals surface area contributed by atoms with E-state index >= 15 is 0 Å². The molecule has 1 atom stereocenters. The predicted octanol–water partition coefficient (Wildman–Crippen LogP) is 4.74. The number of nitrogens with zero attached hydrogens (tertiary/aromatic N) is 1. The first-order valence-electron chi connectivity index (χ1n) is 8.57. The van der Waals surface area contributed by atoms with Crippen LogP contribution in [0.1, 0.15) is 33.3 Å². The van der Waals surface area contributed by atoms with Gasteiger partial charge >= 0.3 is 0 Å². The number of hydrogen-bond acceptors (Lipinski definition) is 3. The molecule has 0 unspecified atom stereocenters. The molecule has 0 aliphatic rings. The molecule has 4 nitrogen and oxygen atoms in total. The van der Waals surface area contributed by atoms with E-state index in [9.17, 15) is 4.79 Å². The number of halogens is 1. The quantitative estimate of drug-likeness (QED) is 0.705. The number of rotatable bonds is 5. The van der Waals surface area contributed by atoms with Gasteiger partial charge in [0, 0.05) is 22.5 Å². The van der Waals surface area contributed by atoms with Crippen LogP contribution in [0.3, 0.4) is 0 Å². The van der Waals surface area contributed by atoms with Gasteiger partial charge in [0.15, 0.2) is 5.76 Å². The van der Waals surface area contributed by atoms with Gasteiger partial charge in [0.25, 0.3) is 5.91 Å². The number of nitrogens with one attached hydrogen (secondary N) is 1. The van der Waals surface area contributed by atoms with Crippen molar-refractivity contribution in [3.63, 3.8) is 0 Å². The van der Waals surface area contributed by atoms with Gasteiger partial charge in [0.2, 0.25) is 0 Å². The number of aryl methyl sites for hydroxylation is 2. The summed E-state index contributed by atoms with van der Waals surface area (Å²) in [5.41, 5.74) is 3.57. The minimum atomic E-state index is -0.213. The Hall–Kier alpha value is -2.30. The maximum atomic E-state index is 12.7. The molecule has 0 bridgehead atoms. The fourth-order valence-corrected chi connectivity index (χ4v) is 3.27. The second-order valence-electron chi connectivity index (χ2n) is 6.75. The zero-order valence-electron chi connectivity index (χ0n) is 15.5. The molecule has 0 saturated heterocycles. The Bertz CT molecular complexity index is 932. The van der Waals surface area contributed by atoms with E-state index in [-0.39, 0.29) is 11.9 Å². The summed E-state index contributed by atoms with van der Waals surface area (Å²) in [5, 5.41) is 4.55. The molecule has 0 aliphatic heterocycles. The van der Waals surface area contributed by atoms with E-state index in [1.54, 1.807) is 0 Å². The van der Waals surface area contributed by atoms with E-state index in [2.05, 4.69) is 22.3 Å². The predicted molar refractivity (Wildman–Crippen MR) is 106 cm³/mol. The molecular weight excluding hydrogens is 348 g/mol. The van der Waals surface area contributed by atoms with Crippen molar-refractivity contribution < 1.29 is 9.21 Å². The molecule has 3 aromatic rings. The summed E-state index contributed by atoms with van der Waals surface area (Å²) >= 11 is 6.21. The number of fused-ring (bicyclic) bond motifs is 1. The van der Waals surface area contributed by atoms with Gasteiger partial charge in [-0.2, -0.15) is 0 Å². The topological polar surface area (TPSA) is 45.5 Å². The van der Waals surface area contributed by atoms with E-state index in [1.807, 2.05) is 58.3 Å². The number of hydrogen-bond donors (Lipinski definition) is 1. The summed E-state index contributed by atoms with van der Waals surface area (Å²) in [7, 11) is 4.00. The molecule has 26 heavy (non-hydrogen) atoms. The molecule has 1 heterocycles. The van der Waals surface area contributed by atoms with Crippen molar-refractivity contribution in [2.75, 3.05) is 20.6 Å². The maximum Gasteiger partial charge on any atom is 0.287 e. The second kappa shape index (κ2) is 7.52. The summed E-state index contributed by atoms with van der Waals surface area (Å²) < 4.78 is 5.81. The lowest BCUT2D eigenvalue weighted by atomic mass is 10.1. The van der Waals surface area contributed by atoms with Crippen molar-refractivity contribution in [2.45, 2.75) is 19.9 Å². The fraction of sp³-hybridized carbons (Fsp3) is 0.286. The van der Waals surface area contributed by atoms with Crippen molar-refractivity contribution in [3.8, 4) is 0 Å². The standard InChI is InChI=1S/C21H23ClN2O2/c1-13-10-19-16(11-17(13)22)14(2)20(26-19)21(25)23-12-18(24(3)4)15-8-6-5-7-9-15/h5-11,18H,12H2,1-4H3,(H,23,25)/t18-/m0/s1. The molecule has 0 saturated carbocycles. The number of likely N-dealkylation sites (N-methyl/N-ethyl adjacent to an activating group) is 1. The average Bonchev–Trinajstić information content (AvgIpc) is 2.92. The lowest BCUT2D eigenvalue weighted by Gasteiger charge is -2.25. The highest BCUT2D eigenvalue weighted by Crippen LogP contribution is 2.30. The molecule has 0 aliphatic carbocycles. The Kier molecular flexibility index (Phi) is 5.35. The summed E-state index contributed by atoms with van der Waals surface area (Å²) in [4.78, 5) is 14.8. The normalized spacial score (nSPS) is 12.5. The van der Waals surface area contributed by atoms with E-state index in [0.29, 0.717) is 22.9 Å². The van der Waals surface area contributed by atoms with E-state index in [4.69, 9.17) is 16.0 Å². The molecule has 3 rings (SSSR count). The molecular formula is C21H23ClN2O2. The summed E-state index contributed by atoms with van der Waals surface area (Å²) in [6, 6.07) is 13.9. The van der Waals surface area contributed by atoms with Gasteiger partial charge < -0.3 is 14.6 Å². The van der Waals surface area contributed by atoms with Crippen LogP contribution >= 0.6 is 11.6 Å². The molecule has 0 radical (unpaired) electrons. The molecule has 1 N–H and O–H groups in total. The van der Waals surface area contributed by atoms with Crippen LogP contribution in [0.2, 0.25) is 5.02 Å². The Labute approximate surface area is 158 Å². The largest absolute Gasteiger partial charge is 0.451 e. The number of amides is 1. The SMILES string of the molecule is Cc1cc2oc(C(=O)NC[C@@H](c3ccccc3)N(C)C)c(C)c2cc1Cl. The van der Waals surface area contributed by atoms with Gasteiger partial charge in [-0.25, -0.2) is 0 Å². The zero-order valence-corrected chi connectivity index (χ0v) is 16.2. The third-order valence-electron chi connectivity index (χ3n) is 4.69. The first kappa shape index (κ1) is 18.5. The van der Waals surface area contributed by atoms with Crippen molar-refractivity contribution in [1.29, 1.82) is 0 Å². The monoisotopic (exact) mass is 370 g/mol. The number of furan rings is 1. The van der Waals surface area contributed by atoms with Gasteiger partial charge in [-0.05, 0) is 51.2 Å². The van der Waals surface area contributed by atoms with Crippen LogP contribution in [-0.2, 0) is 0 Å². The summed E-state index contributed by atoms with van der Waals surface area (Å²) in [5.74, 6) is 0.127. The fourth-order valence-electron chi connectivity index (χ4n) is 3.10. The second-order valence-corrected chi connectivity index (χ2v) is 7.16. The smallest absolute Gasteiger partial charge is 0.287 e. The first-order chi connectivity index (χ1) is 12.4. The average molecular weight is 371 g/mol. The van der Waals surface area contributed by atoms with Crippen molar-refractivity contribution in [3.05, 3.63) is 69.9 Å². The van der Waals surface area contributed by atoms with Crippen LogP contribution in [-0.4, -0.2) is 31.4 Å². The third-order valence-corrected chi connectivity index (χ3v) is 5.09. The summed E-state index contributed by atoms with van der Waals surface area (Å²) in [6.07, 6.45) is 0. The highest BCUT2D eigenvalue weighted by Gasteiger charge is 2.21. The van der Waals surface area contributed by atoms with Crippen LogP contribution in [0.25, 0.3) is 11.0 Å². The van der Waals surface area contributed by atoms with E-state index in [0.717, 1.165) is 22.1 Å². The van der Waals surface area contributed by atoms with Gasteiger partial charge in [-0.1, -0.05) is 41.9 Å². The van der Waals surface area contributed by atoms with Crippen LogP contribution in [0.4, 0.5) is 0 Å². The highest BCUT2D eigenvalue weighted by atomic mass is 35.5. The Morgan fingerprint density at radius 3 is 2.54 bits per heavy atom. The van der Waals surface area contributed by atoms with Crippen LogP contribution < -0.4 is 5.32 Å². The molecule has 2 aromatic carbocycles. The number of carbonyl (C=O) groups is 1. The van der Waals surface area contributed by atoms with Crippen molar-refractivity contribution in [2.24, 2.45) is 0 Å². The lowest BCUT2D eigenvalue weighted by Crippen LogP contribution is -2.34. The molecule has 136 valence electrons. The Balaban J connectivity index is 1.81. The first-order valence-corrected chi connectivity index (χ1v) is 8.95. The van der Waals surface area contributed by atoms with Gasteiger partial charge in [0.1, 0.15) is 5.58 Å². The van der Waals surface area contributed by atoms with Gasteiger partial charge in [-0.3, -0.25) is 4.79 Å². The van der Waals surface area contributed by atoms with Crippen molar-refractivity contribution in [1.82, 2.24) is 10.2 Å². The minimum absolute atomic E-state index is 0.0847. The molecule has 0 spiro atoms. The molecule has 1 amide bonds. The van der Waals surface area contributed by atoms with Crippen molar-refractivity contribution >= 4 is 28.5 Å². The molecule has 1 aromatic heterocycles. The zero-order chi connectivity index (χ0) is 18.8. The van der Waals surface area contributed by atoms with Crippen LogP contribution in [0, 0.1) is 13.8 Å². The van der Waals surface area contributed by atoms with Crippen LogP contribution in [0.5, 0.6) is 0 Å². The van der Waals surface area contributed by atoms with E-state index < -0.39 is 0 Å². The third kappa shape index (κ3) is 3.62. The van der Waals surface area contributed by atoms with E-state index in [1.165, 1.54) is 0 Å². The Morgan fingerprint density at radius 2 is 1.88 bits per heavy atom. The molecule has 0 fully saturated rings. The number of carbonyl (C=O) groups excluding carboxylic acids is 1. The molecule has 5 heteroatoms. The Morgan fingerprint density at radius 1 is 1.19 bits per heavy atom. The minimum Gasteiger partial charge on any atom is -0.451 e. The summed E-state index contributed by atoms with van der Waals surface area (Å²) in [6.45, 7) is 4.29. The van der Waals surface area contributed by atoms with Crippen LogP contribution in [0.15, 0.2) is 46.9 Å². The maximum absolute atomic E-state index is 12.7. The highest BCUT2D eigenvalue weighted by molar-refractivity contribution is 6.32. The number of benzene rings is 2. The van der Waals surface area contributed by atoms with Gasteiger partial charge in [0.05, 0.1) is 6.04 Å². The van der Waals surface area contributed by atoms with Gasteiger partial charge in [-0.15, -0.1) is 0 Å². The lowest BCUT2D eigenvalue weighted by molar-refractivity contribution is 0.0915.